The number of benzene rings is 3. The third-order valence-corrected chi connectivity index (χ3v) is 7.38. The first-order valence-corrected chi connectivity index (χ1v) is 14.5. The van der Waals surface area contributed by atoms with Crippen LogP contribution in [0.5, 0.6) is 17.4 Å². The van der Waals surface area contributed by atoms with Gasteiger partial charge in [0.25, 0.3) is 0 Å². The minimum absolute atomic E-state index is 0.0431. The first kappa shape index (κ1) is 30.8. The highest BCUT2D eigenvalue weighted by molar-refractivity contribution is 5.93. The summed E-state index contributed by atoms with van der Waals surface area (Å²) >= 11 is 0. The summed E-state index contributed by atoms with van der Waals surface area (Å²) in [5.41, 5.74) is 3.22. The van der Waals surface area contributed by atoms with Gasteiger partial charge in [-0.3, -0.25) is 0 Å². The van der Waals surface area contributed by atoms with E-state index in [-0.39, 0.29) is 41.9 Å². The monoisotopic (exact) mass is 635 g/mol. The molecule has 0 radical (unpaired) electrons. The smallest absolute Gasteiger partial charge is 0.337 e. The molecule has 236 valence electrons. The van der Waals surface area contributed by atoms with Crippen LogP contribution in [-0.4, -0.2) is 42.1 Å². The van der Waals surface area contributed by atoms with Crippen molar-refractivity contribution in [1.29, 1.82) is 0 Å². The van der Waals surface area contributed by atoms with Crippen LogP contribution < -0.4 is 9.47 Å². The van der Waals surface area contributed by atoms with E-state index in [1.807, 2.05) is 16.1 Å². The summed E-state index contributed by atoms with van der Waals surface area (Å²) in [4.78, 5) is 32.9. The molecular formula is C34H27F2N7O4. The van der Waals surface area contributed by atoms with E-state index in [0.29, 0.717) is 34.5 Å². The largest absolute Gasteiger partial charge is 0.483 e. The topological polar surface area (TPSA) is 111 Å². The number of fused-ring (bicyclic) bond motifs is 1. The number of carbonyl (C=O) groups excluding carboxylic acids is 1. The maximum atomic E-state index is 15.5. The van der Waals surface area contributed by atoms with Crippen LogP contribution in [0.15, 0.2) is 79.4 Å². The minimum Gasteiger partial charge on any atom is -0.483 e. The van der Waals surface area contributed by atoms with Crippen LogP contribution in [0.3, 0.4) is 0 Å². The number of esters is 1. The Labute approximate surface area is 267 Å². The van der Waals surface area contributed by atoms with E-state index >= 15 is 4.39 Å². The Morgan fingerprint density at radius 2 is 1.89 bits per heavy atom. The van der Waals surface area contributed by atoms with Crippen LogP contribution in [-0.2, 0) is 30.9 Å². The van der Waals surface area contributed by atoms with E-state index in [2.05, 4.69) is 19.8 Å². The highest BCUT2D eigenvalue weighted by atomic mass is 19.1. The number of hydrogen-bond acceptors (Lipinski definition) is 8. The number of halogens is 2. The van der Waals surface area contributed by atoms with Crippen molar-refractivity contribution in [2.75, 3.05) is 7.11 Å². The van der Waals surface area contributed by atoms with E-state index in [4.69, 9.17) is 25.8 Å². The molecule has 0 aliphatic heterocycles. The molecule has 0 saturated carbocycles. The molecule has 11 nitrogen and oxygen atoms in total. The Bertz CT molecular complexity index is 2140. The summed E-state index contributed by atoms with van der Waals surface area (Å²) in [6.07, 6.45) is 5.13. The molecule has 3 heterocycles. The Hall–Kier alpha value is -6.16. The maximum absolute atomic E-state index is 15.5. The van der Waals surface area contributed by atoms with Gasteiger partial charge in [0, 0.05) is 37.5 Å². The minimum atomic E-state index is -0.671. The molecule has 0 unspecified atom stereocenters. The van der Waals surface area contributed by atoms with Gasteiger partial charge in [0.15, 0.2) is 23.1 Å². The molecule has 0 amide bonds. The summed E-state index contributed by atoms with van der Waals surface area (Å²) in [6, 6.07) is 15.0. The van der Waals surface area contributed by atoms with Crippen molar-refractivity contribution in [3.8, 4) is 17.4 Å². The lowest BCUT2D eigenvalue weighted by atomic mass is 10.1. The summed E-state index contributed by atoms with van der Waals surface area (Å²) in [6.45, 7) is 9.97. The van der Waals surface area contributed by atoms with Crippen LogP contribution in [0.1, 0.15) is 40.2 Å². The number of rotatable bonds is 11. The number of carbonyl (C=O) groups is 1. The number of ether oxygens (including phenoxy) is 3. The van der Waals surface area contributed by atoms with Crippen LogP contribution in [0, 0.1) is 18.2 Å². The second-order valence-corrected chi connectivity index (χ2v) is 10.3. The normalized spacial score (nSPS) is 11.0. The standard InChI is InChI=1S/C34H27F2N7O4/c1-4-42-20-38-17-24(42)18-43-29-13-22(34(44)45-3)6-9-28(29)40-32(43)14-21-5-8-25(16-26(21)35)47-33-11-12-39-31(41-33)19-46-30-10-7-23(37-2)15-27(30)36/h5-13,15-17,20H,4,14,18-19H2,1,3H3. The fourth-order valence-corrected chi connectivity index (χ4v) is 5.01. The second kappa shape index (κ2) is 13.5. The highest BCUT2D eigenvalue weighted by Crippen LogP contribution is 2.27. The van der Waals surface area contributed by atoms with E-state index < -0.39 is 17.6 Å². The Kier molecular flexibility index (Phi) is 8.83. The summed E-state index contributed by atoms with van der Waals surface area (Å²) < 4.78 is 49.8. The number of aryl methyl sites for hydroxylation is 1. The van der Waals surface area contributed by atoms with Crippen LogP contribution >= 0.6 is 0 Å². The van der Waals surface area contributed by atoms with Gasteiger partial charge in [-0.15, -0.1) is 0 Å². The molecule has 0 atom stereocenters. The van der Waals surface area contributed by atoms with Crippen LogP contribution in [0.2, 0.25) is 0 Å². The molecule has 0 fully saturated rings. The molecule has 13 heteroatoms. The molecule has 0 spiro atoms. The molecule has 0 aliphatic rings. The zero-order valence-electron chi connectivity index (χ0n) is 25.4. The van der Waals surface area contributed by atoms with Crippen molar-refractivity contribution in [2.45, 2.75) is 33.0 Å². The first-order valence-electron chi connectivity index (χ1n) is 14.5. The van der Waals surface area contributed by atoms with Crippen molar-refractivity contribution in [3.63, 3.8) is 0 Å². The summed E-state index contributed by atoms with van der Waals surface area (Å²) in [7, 11) is 1.33. The molecule has 3 aromatic heterocycles. The van der Waals surface area contributed by atoms with Crippen molar-refractivity contribution < 1.29 is 27.8 Å². The molecule has 3 aromatic carbocycles. The first-order chi connectivity index (χ1) is 22.8. The number of nitrogens with zero attached hydrogens (tertiary/aromatic N) is 7. The van der Waals surface area contributed by atoms with Crippen molar-refractivity contribution in [1.82, 2.24) is 29.1 Å². The molecular weight excluding hydrogens is 608 g/mol. The molecule has 6 aromatic rings. The number of methoxy groups -OCH3 is 1. The van der Waals surface area contributed by atoms with Gasteiger partial charge in [-0.05, 0) is 48.9 Å². The lowest BCUT2D eigenvalue weighted by Crippen LogP contribution is -2.10. The van der Waals surface area contributed by atoms with E-state index in [1.54, 1.807) is 42.9 Å². The fourth-order valence-electron chi connectivity index (χ4n) is 5.01. The highest BCUT2D eigenvalue weighted by Gasteiger charge is 2.18. The van der Waals surface area contributed by atoms with Gasteiger partial charge in [0.1, 0.15) is 24.0 Å². The average Bonchev–Trinajstić information content (AvgIpc) is 3.68. The number of imidazole rings is 2. The Morgan fingerprint density at radius 3 is 2.66 bits per heavy atom. The van der Waals surface area contributed by atoms with Gasteiger partial charge in [-0.25, -0.2) is 33.4 Å². The van der Waals surface area contributed by atoms with Crippen LogP contribution in [0.4, 0.5) is 14.5 Å². The lowest BCUT2D eigenvalue weighted by molar-refractivity contribution is 0.0601. The van der Waals surface area contributed by atoms with Gasteiger partial charge in [0.05, 0.1) is 48.8 Å². The van der Waals surface area contributed by atoms with Gasteiger partial charge >= 0.3 is 5.97 Å². The second-order valence-electron chi connectivity index (χ2n) is 10.3. The van der Waals surface area contributed by atoms with Gasteiger partial charge < -0.3 is 23.3 Å². The van der Waals surface area contributed by atoms with Crippen molar-refractivity contribution >= 4 is 22.7 Å². The van der Waals surface area contributed by atoms with Crippen molar-refractivity contribution in [3.05, 3.63) is 131 Å². The average molecular weight is 636 g/mol. The van der Waals surface area contributed by atoms with Gasteiger partial charge in [0.2, 0.25) is 5.88 Å². The number of hydrogen-bond donors (Lipinski definition) is 0. The fraction of sp³-hybridized carbons (Fsp3) is 0.176. The van der Waals surface area contributed by atoms with Gasteiger partial charge in [-0.2, -0.15) is 4.98 Å². The maximum Gasteiger partial charge on any atom is 0.337 e. The zero-order chi connectivity index (χ0) is 32.9. The van der Waals surface area contributed by atoms with E-state index in [9.17, 15) is 9.18 Å². The Morgan fingerprint density at radius 1 is 1.02 bits per heavy atom. The predicted molar refractivity (Wildman–Crippen MR) is 166 cm³/mol. The molecule has 6 rings (SSSR count). The quantitative estimate of drug-likeness (QED) is 0.115. The molecule has 0 saturated heterocycles. The zero-order valence-corrected chi connectivity index (χ0v) is 25.4. The van der Waals surface area contributed by atoms with Gasteiger partial charge in [-0.1, -0.05) is 12.1 Å². The molecule has 0 aliphatic carbocycles. The SMILES string of the molecule is [C-]#[N+]c1ccc(OCc2nccc(Oc3ccc(Cc4nc5ccc(C(=O)OC)cc5n4Cc4cncn4CC)c(F)c3)n2)c(F)c1. The van der Waals surface area contributed by atoms with E-state index in [0.717, 1.165) is 18.3 Å². The third-order valence-electron chi connectivity index (χ3n) is 7.38. The molecule has 47 heavy (non-hydrogen) atoms. The summed E-state index contributed by atoms with van der Waals surface area (Å²) in [5.74, 6) is -0.525. The third kappa shape index (κ3) is 6.76. The number of aromatic nitrogens is 6. The Balaban J connectivity index is 1.21. The summed E-state index contributed by atoms with van der Waals surface area (Å²) in [5, 5.41) is 0. The van der Waals surface area contributed by atoms with E-state index in [1.165, 1.54) is 37.6 Å². The van der Waals surface area contributed by atoms with Crippen LogP contribution in [0.25, 0.3) is 15.9 Å². The van der Waals surface area contributed by atoms with Crippen molar-refractivity contribution in [2.24, 2.45) is 0 Å². The lowest BCUT2D eigenvalue weighted by Gasteiger charge is -2.12. The predicted octanol–water partition coefficient (Wildman–Crippen LogP) is 6.67. The molecule has 0 N–H and O–H groups in total. The molecule has 0 bridgehead atoms.